The van der Waals surface area contributed by atoms with E-state index in [-0.39, 0.29) is 28.4 Å². The van der Waals surface area contributed by atoms with Gasteiger partial charge in [-0.1, -0.05) is 28.9 Å². The van der Waals surface area contributed by atoms with Crippen molar-refractivity contribution < 1.29 is 17.9 Å². The zero-order valence-electron chi connectivity index (χ0n) is 21.5. The van der Waals surface area contributed by atoms with Crippen molar-refractivity contribution in [3.05, 3.63) is 124 Å². The Bertz CT molecular complexity index is 1910. The number of rotatable bonds is 8. The van der Waals surface area contributed by atoms with E-state index < -0.39 is 18.3 Å². The monoisotopic (exact) mass is 590 g/mol. The van der Waals surface area contributed by atoms with Gasteiger partial charge in [-0.25, -0.2) is 13.2 Å². The second kappa shape index (κ2) is 11.4. The van der Waals surface area contributed by atoms with E-state index in [1.165, 1.54) is 46.2 Å². The topological polar surface area (TPSA) is 111 Å². The van der Waals surface area contributed by atoms with Gasteiger partial charge >= 0.3 is 0 Å². The predicted octanol–water partition coefficient (Wildman–Crippen LogP) is 4.58. The third-order valence-electron chi connectivity index (χ3n) is 6.65. The molecule has 5 heterocycles. The number of tetrazole rings is 1. The molecule has 0 aliphatic rings. The molecule has 0 unspecified atom stereocenters. The second-order valence-corrected chi connectivity index (χ2v) is 9.62. The normalized spacial score (nSPS) is 12.1. The van der Waals surface area contributed by atoms with Gasteiger partial charge in [-0.3, -0.25) is 19.4 Å². The SMILES string of the molecule is O=c1ccccn1C[C@@H](c1ccc(-c2c(-[n+]3cnn[nH]3)ccc(Cl)c2F)cn1)n1cc(-c2ccnc(C(F)F)c2)cn1. The first-order valence-electron chi connectivity index (χ1n) is 12.6. The molecule has 0 aliphatic heterocycles. The van der Waals surface area contributed by atoms with Gasteiger partial charge in [0.25, 0.3) is 18.3 Å². The zero-order chi connectivity index (χ0) is 29.2. The van der Waals surface area contributed by atoms with Crippen LogP contribution in [0.4, 0.5) is 13.2 Å². The molecule has 0 amide bonds. The minimum atomic E-state index is -2.71. The lowest BCUT2D eigenvalue weighted by molar-refractivity contribution is -0.659. The van der Waals surface area contributed by atoms with Crippen LogP contribution in [0.2, 0.25) is 5.02 Å². The number of nitrogens with zero attached hydrogens (tertiary/aromatic N) is 8. The molecule has 1 N–H and O–H groups in total. The molecule has 42 heavy (non-hydrogen) atoms. The van der Waals surface area contributed by atoms with E-state index in [9.17, 15) is 13.6 Å². The molecule has 10 nitrogen and oxygen atoms in total. The number of H-pyrrole nitrogens is 1. The van der Waals surface area contributed by atoms with Crippen LogP contribution in [0.25, 0.3) is 27.9 Å². The Hall–Kier alpha value is -5.17. The summed E-state index contributed by atoms with van der Waals surface area (Å²) in [4.78, 5) is 20.9. The summed E-state index contributed by atoms with van der Waals surface area (Å²) >= 11 is 6.11. The summed E-state index contributed by atoms with van der Waals surface area (Å²) in [6, 6.07) is 13.6. The minimum absolute atomic E-state index is 0.0672. The average molecular weight is 591 g/mol. The molecule has 0 radical (unpaired) electrons. The molecule has 14 heteroatoms. The van der Waals surface area contributed by atoms with Gasteiger partial charge in [-0.05, 0) is 42.0 Å². The van der Waals surface area contributed by atoms with Gasteiger partial charge < -0.3 is 4.57 Å². The number of pyridine rings is 3. The van der Waals surface area contributed by atoms with Crippen LogP contribution >= 0.6 is 11.6 Å². The fourth-order valence-electron chi connectivity index (χ4n) is 4.57. The van der Waals surface area contributed by atoms with Gasteiger partial charge in [-0.15, -0.1) is 4.68 Å². The summed E-state index contributed by atoms with van der Waals surface area (Å²) < 4.78 is 46.4. The maximum absolute atomic E-state index is 15.3. The molecule has 0 aliphatic carbocycles. The number of aromatic amines is 1. The molecule has 1 atom stereocenters. The van der Waals surface area contributed by atoms with Crippen LogP contribution < -0.4 is 10.2 Å². The Balaban J connectivity index is 1.41. The molecule has 6 rings (SSSR count). The molecule has 0 saturated carbocycles. The van der Waals surface area contributed by atoms with Crippen LogP contribution in [0.15, 0.2) is 96.7 Å². The van der Waals surface area contributed by atoms with E-state index in [1.807, 2.05) is 0 Å². The predicted molar refractivity (Wildman–Crippen MR) is 145 cm³/mol. The van der Waals surface area contributed by atoms with Gasteiger partial charge in [0.05, 0.1) is 29.0 Å². The lowest BCUT2D eigenvalue weighted by Crippen LogP contribution is -2.33. The van der Waals surface area contributed by atoms with Crippen LogP contribution in [-0.2, 0) is 6.54 Å². The maximum Gasteiger partial charge on any atom is 0.293 e. The molecular weight excluding hydrogens is 571 g/mol. The standard InChI is InChI=1S/C28H19ClF3N9O/c29-20-5-7-23(41-16-35-37-38-41)26(27(20)30)18-4-6-21(34-12-18)24(15-39-10-2-1-3-25(39)42)40-14-19(13-36-40)17-8-9-33-22(11-17)28(31)32/h1-14,16,24,28H,15H2/p+1/t24-/m0/s1. The molecular formula is C28H20ClF3N9O+. The van der Waals surface area contributed by atoms with Crippen molar-refractivity contribution in [2.45, 2.75) is 19.0 Å². The van der Waals surface area contributed by atoms with Crippen molar-refractivity contribution in [3.8, 4) is 27.9 Å². The number of halogens is 4. The summed E-state index contributed by atoms with van der Waals surface area (Å²) in [5, 5.41) is 14.5. The van der Waals surface area contributed by atoms with Crippen LogP contribution in [-0.4, -0.2) is 39.8 Å². The van der Waals surface area contributed by atoms with E-state index in [0.29, 0.717) is 28.1 Å². The van der Waals surface area contributed by atoms with Gasteiger partial charge in [0.2, 0.25) is 0 Å². The van der Waals surface area contributed by atoms with Crippen molar-refractivity contribution in [1.82, 2.24) is 39.8 Å². The highest BCUT2D eigenvalue weighted by atomic mass is 35.5. The second-order valence-electron chi connectivity index (χ2n) is 9.21. The number of hydrogen-bond donors (Lipinski definition) is 1. The highest BCUT2D eigenvalue weighted by Gasteiger charge is 2.23. The van der Waals surface area contributed by atoms with Crippen molar-refractivity contribution >= 4 is 11.6 Å². The number of hydrogen-bond acceptors (Lipinski definition) is 6. The summed E-state index contributed by atoms with van der Waals surface area (Å²) in [6.45, 7) is 0.165. The number of benzene rings is 1. The third-order valence-corrected chi connectivity index (χ3v) is 6.95. The van der Waals surface area contributed by atoms with E-state index in [2.05, 4.69) is 30.6 Å². The van der Waals surface area contributed by atoms with Gasteiger partial charge in [-0.2, -0.15) is 5.10 Å². The van der Waals surface area contributed by atoms with Gasteiger partial charge in [0.1, 0.15) is 22.5 Å². The molecule has 0 bridgehead atoms. The Morgan fingerprint density at radius 2 is 1.86 bits per heavy atom. The first-order chi connectivity index (χ1) is 20.4. The molecule has 6 aromatic rings. The quantitative estimate of drug-likeness (QED) is 0.260. The van der Waals surface area contributed by atoms with Gasteiger partial charge in [0, 0.05) is 42.0 Å². The average Bonchev–Trinajstić information content (AvgIpc) is 3.72. The van der Waals surface area contributed by atoms with Crippen LogP contribution in [0.5, 0.6) is 0 Å². The van der Waals surface area contributed by atoms with Crippen LogP contribution in [0.3, 0.4) is 0 Å². The molecule has 210 valence electrons. The van der Waals surface area contributed by atoms with E-state index in [1.54, 1.807) is 59.7 Å². The fourth-order valence-corrected chi connectivity index (χ4v) is 4.73. The van der Waals surface area contributed by atoms with Gasteiger partial charge in [0.15, 0.2) is 11.0 Å². The fraction of sp³-hybridized carbons (Fsp3) is 0.107. The Morgan fingerprint density at radius 3 is 2.60 bits per heavy atom. The Morgan fingerprint density at radius 1 is 0.976 bits per heavy atom. The first kappa shape index (κ1) is 27.0. The van der Waals surface area contributed by atoms with Crippen molar-refractivity contribution in [3.63, 3.8) is 0 Å². The number of nitrogens with one attached hydrogen (secondary N) is 1. The summed E-state index contributed by atoms with van der Waals surface area (Å²) in [6.07, 6.45) is 6.38. The summed E-state index contributed by atoms with van der Waals surface area (Å²) in [5.41, 5.74) is 2.08. The highest BCUT2D eigenvalue weighted by Crippen LogP contribution is 2.32. The van der Waals surface area contributed by atoms with E-state index in [4.69, 9.17) is 11.6 Å². The van der Waals surface area contributed by atoms with Crippen molar-refractivity contribution in [2.75, 3.05) is 0 Å². The lowest BCUT2D eigenvalue weighted by atomic mass is 10.0. The first-order valence-corrected chi connectivity index (χ1v) is 12.9. The molecule has 0 fully saturated rings. The summed E-state index contributed by atoms with van der Waals surface area (Å²) in [5.74, 6) is -0.643. The van der Waals surface area contributed by atoms with Crippen LogP contribution in [0.1, 0.15) is 23.9 Å². The Kier molecular flexibility index (Phi) is 7.32. The zero-order valence-corrected chi connectivity index (χ0v) is 22.3. The molecule has 0 spiro atoms. The third kappa shape index (κ3) is 5.29. The number of alkyl halides is 2. The molecule has 0 saturated heterocycles. The lowest BCUT2D eigenvalue weighted by Gasteiger charge is -2.19. The largest absolute Gasteiger partial charge is 0.313 e. The Labute approximate surface area is 240 Å². The summed E-state index contributed by atoms with van der Waals surface area (Å²) in [7, 11) is 0. The number of aromatic nitrogens is 9. The smallest absolute Gasteiger partial charge is 0.293 e. The van der Waals surface area contributed by atoms with E-state index >= 15 is 4.39 Å². The molecule has 5 aromatic heterocycles. The molecule has 1 aromatic carbocycles. The van der Waals surface area contributed by atoms with Crippen molar-refractivity contribution in [2.24, 2.45) is 0 Å². The van der Waals surface area contributed by atoms with E-state index in [0.717, 1.165) is 0 Å². The highest BCUT2D eigenvalue weighted by molar-refractivity contribution is 6.31. The minimum Gasteiger partial charge on any atom is -0.313 e. The van der Waals surface area contributed by atoms with Crippen molar-refractivity contribution in [1.29, 1.82) is 0 Å². The maximum atomic E-state index is 15.3. The van der Waals surface area contributed by atoms with Crippen LogP contribution in [0, 0.1) is 5.82 Å².